The minimum atomic E-state index is -4.93. The maximum atomic E-state index is 13.1. The van der Waals surface area contributed by atoms with Crippen LogP contribution in [0.5, 0.6) is 5.75 Å². The van der Waals surface area contributed by atoms with Gasteiger partial charge in [-0.15, -0.1) is 0 Å². The molecule has 1 fully saturated rings. The third-order valence-corrected chi connectivity index (χ3v) is 10.2. The molecule has 1 aromatic heterocycles. The second-order valence-electron chi connectivity index (χ2n) is 7.72. The van der Waals surface area contributed by atoms with Crippen molar-refractivity contribution in [2.75, 3.05) is 7.11 Å². The molecule has 0 bridgehead atoms. The third-order valence-electron chi connectivity index (χ3n) is 5.15. The Hall–Kier alpha value is -2.29. The maximum absolute atomic E-state index is 13.1. The average Bonchev–Trinajstić information content (AvgIpc) is 2.78. The molecular formula is C22H27NO9P2. The van der Waals surface area contributed by atoms with E-state index >= 15 is 0 Å². The first kappa shape index (κ1) is 26.3. The summed E-state index contributed by atoms with van der Waals surface area (Å²) in [5.74, 6) is -0.148. The number of nitrogens with zero attached hydrogens (tertiary/aromatic N) is 1. The first-order valence-electron chi connectivity index (χ1n) is 10.3. The second kappa shape index (κ2) is 10.1. The highest BCUT2D eigenvalue weighted by molar-refractivity contribution is 7.78. The van der Waals surface area contributed by atoms with Crippen LogP contribution in [0.4, 0.5) is 0 Å². The quantitative estimate of drug-likeness (QED) is 0.271. The van der Waals surface area contributed by atoms with E-state index in [1.807, 2.05) is 6.92 Å². The number of carbonyl (C=O) groups excluding carboxylic acids is 1. The summed E-state index contributed by atoms with van der Waals surface area (Å²) in [6.45, 7) is 5.75. The van der Waals surface area contributed by atoms with E-state index in [0.29, 0.717) is 17.7 Å². The smallest absolute Gasteiger partial charge is 0.371 e. The van der Waals surface area contributed by atoms with Gasteiger partial charge in [0.15, 0.2) is 13.6 Å². The molecule has 3 rings (SSSR count). The van der Waals surface area contributed by atoms with Crippen LogP contribution in [0.15, 0.2) is 55.1 Å². The summed E-state index contributed by atoms with van der Waals surface area (Å²) in [7, 11) is -7.92. The minimum absolute atomic E-state index is 0.0145. The van der Waals surface area contributed by atoms with E-state index in [2.05, 4.69) is 17.9 Å². The fraction of sp³-hybridized carbons (Fsp3) is 0.318. The van der Waals surface area contributed by atoms with E-state index in [1.54, 1.807) is 12.1 Å². The van der Waals surface area contributed by atoms with Gasteiger partial charge in [-0.25, -0.2) is 4.79 Å². The van der Waals surface area contributed by atoms with Gasteiger partial charge in [-0.05, 0) is 36.5 Å². The number of ether oxygens (including phenoxy) is 2. The van der Waals surface area contributed by atoms with Crippen molar-refractivity contribution in [3.63, 3.8) is 0 Å². The molecule has 1 saturated heterocycles. The van der Waals surface area contributed by atoms with Crippen LogP contribution in [0.25, 0.3) is 0 Å². The van der Waals surface area contributed by atoms with E-state index in [9.17, 15) is 24.3 Å². The molecule has 0 amide bonds. The van der Waals surface area contributed by atoms with Gasteiger partial charge in [0.2, 0.25) is 5.08 Å². The minimum Gasteiger partial charge on any atom is -0.465 e. The van der Waals surface area contributed by atoms with Crippen molar-refractivity contribution in [1.29, 1.82) is 0 Å². The number of hydrogen-bond acceptors (Lipinski definition) is 9. The maximum Gasteiger partial charge on any atom is 0.371 e. The molecule has 184 valence electrons. The first-order valence-corrected chi connectivity index (χ1v) is 13.7. The molecular weight excluding hydrogens is 484 g/mol. The van der Waals surface area contributed by atoms with E-state index in [-0.39, 0.29) is 16.9 Å². The van der Waals surface area contributed by atoms with Crippen LogP contribution in [0.3, 0.4) is 0 Å². The fourth-order valence-electron chi connectivity index (χ4n) is 3.33. The SMILES string of the molecule is C=C(CCC)Oc1ccc(C2OP(=C)(O)C(O)(Cc3cccnc3)P(=O)(O)O2)cc1C(=O)OC. The second-order valence-corrected chi connectivity index (χ2v) is 12.4. The zero-order valence-corrected chi connectivity index (χ0v) is 20.6. The Morgan fingerprint density at radius 1 is 1.29 bits per heavy atom. The average molecular weight is 511 g/mol. The van der Waals surface area contributed by atoms with E-state index < -0.39 is 38.7 Å². The lowest BCUT2D eigenvalue weighted by Crippen LogP contribution is -2.38. The van der Waals surface area contributed by atoms with Gasteiger partial charge in [0, 0.05) is 30.8 Å². The van der Waals surface area contributed by atoms with Gasteiger partial charge >= 0.3 is 13.6 Å². The van der Waals surface area contributed by atoms with Crippen molar-refractivity contribution in [2.24, 2.45) is 0 Å². The summed E-state index contributed by atoms with van der Waals surface area (Å²) in [6, 6.07) is 7.27. The van der Waals surface area contributed by atoms with Crippen LogP contribution in [0.2, 0.25) is 0 Å². The Balaban J connectivity index is 1.96. The summed E-state index contributed by atoms with van der Waals surface area (Å²) < 4.78 is 34.4. The monoisotopic (exact) mass is 511 g/mol. The number of methoxy groups -OCH3 is 1. The van der Waals surface area contributed by atoms with Crippen LogP contribution in [-0.2, 0) is 24.8 Å². The molecule has 10 nitrogen and oxygen atoms in total. The molecule has 4 unspecified atom stereocenters. The number of rotatable bonds is 8. The number of esters is 1. The summed E-state index contributed by atoms with van der Waals surface area (Å²) in [5.41, 5.74) is 0.460. The molecule has 12 heteroatoms. The Morgan fingerprint density at radius 2 is 2.03 bits per heavy atom. The van der Waals surface area contributed by atoms with Gasteiger partial charge in [0.1, 0.15) is 11.3 Å². The van der Waals surface area contributed by atoms with Crippen molar-refractivity contribution < 1.29 is 42.8 Å². The zero-order chi connectivity index (χ0) is 25.1. The van der Waals surface area contributed by atoms with Crippen LogP contribution in [0, 0.1) is 0 Å². The van der Waals surface area contributed by atoms with E-state index in [4.69, 9.17) is 18.5 Å². The molecule has 1 aliphatic heterocycles. The van der Waals surface area contributed by atoms with Gasteiger partial charge < -0.3 is 24.4 Å². The highest BCUT2D eigenvalue weighted by atomic mass is 31.2. The Morgan fingerprint density at radius 3 is 2.62 bits per heavy atom. The molecule has 0 aliphatic carbocycles. The van der Waals surface area contributed by atoms with Gasteiger partial charge in [-0.2, -0.15) is 0 Å². The van der Waals surface area contributed by atoms with Gasteiger partial charge in [0.25, 0.3) is 0 Å². The topological polar surface area (TPSA) is 145 Å². The molecule has 3 N–H and O–H groups in total. The van der Waals surface area contributed by atoms with Gasteiger partial charge in [0.05, 0.1) is 12.9 Å². The highest BCUT2D eigenvalue weighted by Crippen LogP contribution is 2.78. The predicted molar refractivity (Wildman–Crippen MR) is 126 cm³/mol. The number of hydrogen-bond donors (Lipinski definition) is 3. The van der Waals surface area contributed by atoms with Crippen LogP contribution in [0.1, 0.15) is 47.5 Å². The molecule has 1 aromatic carbocycles. The van der Waals surface area contributed by atoms with Crippen molar-refractivity contribution in [3.05, 3.63) is 71.8 Å². The highest BCUT2D eigenvalue weighted by Gasteiger charge is 2.62. The number of pyridine rings is 1. The van der Waals surface area contributed by atoms with E-state index in [0.717, 1.165) is 6.42 Å². The third kappa shape index (κ3) is 5.19. The van der Waals surface area contributed by atoms with Gasteiger partial charge in [-0.1, -0.05) is 25.6 Å². The number of aromatic nitrogens is 1. The van der Waals surface area contributed by atoms with Crippen molar-refractivity contribution in [1.82, 2.24) is 4.98 Å². The number of allylic oxidation sites excluding steroid dienone is 1. The molecule has 4 atom stereocenters. The molecule has 2 heterocycles. The van der Waals surface area contributed by atoms with Crippen molar-refractivity contribution >= 4 is 27.2 Å². The fourth-order valence-corrected chi connectivity index (χ4v) is 7.32. The van der Waals surface area contributed by atoms with Crippen molar-refractivity contribution in [2.45, 2.75) is 37.6 Å². The summed E-state index contributed by atoms with van der Waals surface area (Å²) in [6.07, 6.45) is 5.68. The molecule has 2 aromatic rings. The molecule has 0 radical (unpaired) electrons. The first-order chi connectivity index (χ1) is 15.9. The summed E-state index contributed by atoms with van der Waals surface area (Å²) in [5, 5.41) is 8.37. The normalized spacial score (nSPS) is 28.8. The number of aliphatic hydroxyl groups is 1. The van der Waals surface area contributed by atoms with Gasteiger partial charge in [-0.3, -0.25) is 18.6 Å². The standard InChI is InChI=1S/C22H27NO9P2/c1-5-7-15(2)30-19-10-9-17(12-18(19)20(24)29-3)21-31-33(4,26)22(25,34(27,28)32-21)13-16-8-6-11-23-14-16/h6,8-12,14,21,25-26H,2,4-5,7,13H2,1,3H3,(H,27,28). The van der Waals surface area contributed by atoms with E-state index in [1.165, 1.54) is 37.7 Å². The summed E-state index contributed by atoms with van der Waals surface area (Å²) in [4.78, 5) is 37.9. The molecule has 0 saturated carbocycles. The number of benzene rings is 1. The Labute approximate surface area is 197 Å². The van der Waals surface area contributed by atoms with Crippen molar-refractivity contribution in [3.8, 4) is 5.75 Å². The molecule has 34 heavy (non-hydrogen) atoms. The molecule has 1 aliphatic rings. The predicted octanol–water partition coefficient (Wildman–Crippen LogP) is 3.95. The number of carbonyl (C=O) groups is 1. The summed E-state index contributed by atoms with van der Waals surface area (Å²) >= 11 is 0. The van der Waals surface area contributed by atoms with Crippen LogP contribution < -0.4 is 4.74 Å². The zero-order valence-electron chi connectivity index (χ0n) is 18.8. The lowest BCUT2D eigenvalue weighted by Gasteiger charge is -2.45. The Kier molecular flexibility index (Phi) is 7.85. The van der Waals surface area contributed by atoms with Crippen LogP contribution in [-0.4, -0.2) is 44.3 Å². The lowest BCUT2D eigenvalue weighted by molar-refractivity contribution is -0.0473. The lowest BCUT2D eigenvalue weighted by atomic mass is 10.1. The largest absolute Gasteiger partial charge is 0.465 e. The van der Waals surface area contributed by atoms with Crippen LogP contribution >= 0.6 is 14.9 Å². The molecule has 0 spiro atoms. The Bertz CT molecular complexity index is 1140.